The minimum Gasteiger partial charge on any atom is -0.493 e. The van der Waals surface area contributed by atoms with Crippen molar-refractivity contribution < 1.29 is 28.2 Å². The molecule has 0 radical (unpaired) electrons. The van der Waals surface area contributed by atoms with Gasteiger partial charge in [-0.05, 0) is 30.3 Å². The number of halogens is 2. The zero-order chi connectivity index (χ0) is 21.0. The van der Waals surface area contributed by atoms with E-state index in [4.69, 9.17) is 31.5 Å². The Kier molecular flexibility index (Phi) is 6.13. The zero-order valence-electron chi connectivity index (χ0n) is 15.3. The Bertz CT molecular complexity index is 1090. The lowest BCUT2D eigenvalue weighted by molar-refractivity contribution is -0.119. The van der Waals surface area contributed by atoms with Crippen molar-refractivity contribution in [2.75, 3.05) is 13.7 Å². The number of amides is 1. The van der Waals surface area contributed by atoms with Gasteiger partial charge in [0.05, 0.1) is 23.2 Å². The van der Waals surface area contributed by atoms with Crippen LogP contribution in [0.15, 0.2) is 42.6 Å². The molecule has 2 N–H and O–H groups in total. The van der Waals surface area contributed by atoms with Crippen LogP contribution in [0.25, 0.3) is 10.9 Å². The number of nitrogens with two attached hydrogens (primary N) is 1. The molecule has 3 aromatic rings. The first-order chi connectivity index (χ1) is 13.9. The molecule has 0 bridgehead atoms. The monoisotopic (exact) mass is 418 g/mol. The first kappa shape index (κ1) is 20.3. The fraction of sp³-hybridized carbons (Fsp3) is 0.150. The summed E-state index contributed by atoms with van der Waals surface area (Å²) in [6.45, 7) is -0.517. The van der Waals surface area contributed by atoms with Crippen molar-refractivity contribution in [1.82, 2.24) is 4.98 Å². The number of pyridine rings is 1. The van der Waals surface area contributed by atoms with Gasteiger partial charge in [-0.1, -0.05) is 17.7 Å². The van der Waals surface area contributed by atoms with E-state index in [1.54, 1.807) is 12.1 Å². The van der Waals surface area contributed by atoms with Gasteiger partial charge in [0.1, 0.15) is 12.4 Å². The van der Waals surface area contributed by atoms with Crippen LogP contribution < -0.4 is 15.2 Å². The highest BCUT2D eigenvalue weighted by Crippen LogP contribution is 2.36. The number of primary amides is 1. The summed E-state index contributed by atoms with van der Waals surface area (Å²) in [6, 6.07) is 8.70. The fourth-order valence-electron chi connectivity index (χ4n) is 2.66. The first-order valence-electron chi connectivity index (χ1n) is 8.38. The van der Waals surface area contributed by atoms with Gasteiger partial charge >= 0.3 is 5.97 Å². The molecular weight excluding hydrogens is 403 g/mol. The molecule has 9 heteroatoms. The maximum absolute atomic E-state index is 13.9. The minimum atomic E-state index is -0.688. The van der Waals surface area contributed by atoms with Crippen molar-refractivity contribution in [2.45, 2.75) is 6.61 Å². The largest absolute Gasteiger partial charge is 0.493 e. The molecule has 0 saturated carbocycles. The molecule has 1 amide bonds. The van der Waals surface area contributed by atoms with Gasteiger partial charge in [0, 0.05) is 17.1 Å². The highest BCUT2D eigenvalue weighted by Gasteiger charge is 2.18. The van der Waals surface area contributed by atoms with E-state index in [-0.39, 0.29) is 28.7 Å². The third-order valence-corrected chi connectivity index (χ3v) is 4.26. The molecule has 0 saturated heterocycles. The second kappa shape index (κ2) is 8.74. The lowest BCUT2D eigenvalue weighted by atomic mass is 10.1. The maximum atomic E-state index is 13.9. The predicted octanol–water partition coefficient (Wildman–Crippen LogP) is 3.26. The third-order valence-electron chi connectivity index (χ3n) is 3.98. The highest BCUT2D eigenvalue weighted by molar-refractivity contribution is 6.32. The number of hydrogen-bond donors (Lipinski definition) is 1. The van der Waals surface area contributed by atoms with Gasteiger partial charge in [-0.2, -0.15) is 0 Å². The Balaban J connectivity index is 1.80. The lowest BCUT2D eigenvalue weighted by Crippen LogP contribution is -2.20. The summed E-state index contributed by atoms with van der Waals surface area (Å²) in [6.07, 6.45) is 1.53. The molecule has 0 spiro atoms. The van der Waals surface area contributed by atoms with Gasteiger partial charge in [0.15, 0.2) is 18.1 Å². The topological polar surface area (TPSA) is 101 Å². The molecular formula is C20H16ClFN2O5. The zero-order valence-corrected chi connectivity index (χ0v) is 16.0. The minimum absolute atomic E-state index is 0.0476. The van der Waals surface area contributed by atoms with Crippen LogP contribution in [0.3, 0.4) is 0 Å². The molecule has 150 valence electrons. The van der Waals surface area contributed by atoms with E-state index >= 15 is 0 Å². The fourth-order valence-corrected chi connectivity index (χ4v) is 2.93. The van der Waals surface area contributed by atoms with Crippen molar-refractivity contribution in [2.24, 2.45) is 5.73 Å². The molecule has 2 aromatic carbocycles. The molecule has 0 fully saturated rings. The number of ether oxygens (including phenoxy) is 3. The smallest absolute Gasteiger partial charge is 0.338 e. The lowest BCUT2D eigenvalue weighted by Gasteiger charge is -2.13. The van der Waals surface area contributed by atoms with Crippen LogP contribution in [0.4, 0.5) is 4.39 Å². The average molecular weight is 419 g/mol. The van der Waals surface area contributed by atoms with Crippen LogP contribution in [0, 0.1) is 5.82 Å². The number of nitrogens with zero attached hydrogens (tertiary/aromatic N) is 1. The van der Waals surface area contributed by atoms with E-state index in [2.05, 4.69) is 4.98 Å². The van der Waals surface area contributed by atoms with E-state index in [1.807, 2.05) is 0 Å². The molecule has 3 rings (SSSR count). The third kappa shape index (κ3) is 4.55. The van der Waals surface area contributed by atoms with Crippen molar-refractivity contribution in [3.8, 4) is 11.5 Å². The van der Waals surface area contributed by atoms with Gasteiger partial charge in [0.2, 0.25) is 0 Å². The molecule has 0 aliphatic rings. The SMILES string of the molecule is COc1cc(C(=O)OCc2ccc(F)c3cccnc23)cc(Cl)c1OCC(N)=O. The van der Waals surface area contributed by atoms with Crippen LogP contribution in [0.2, 0.25) is 5.02 Å². The van der Waals surface area contributed by atoms with E-state index in [0.717, 1.165) is 0 Å². The van der Waals surface area contributed by atoms with Crippen molar-refractivity contribution in [3.05, 3.63) is 64.6 Å². The highest BCUT2D eigenvalue weighted by atomic mass is 35.5. The second-order valence-corrected chi connectivity index (χ2v) is 6.33. The van der Waals surface area contributed by atoms with Gasteiger partial charge in [-0.15, -0.1) is 0 Å². The normalized spacial score (nSPS) is 10.6. The molecule has 1 aromatic heterocycles. The molecule has 1 heterocycles. The number of carbonyl (C=O) groups is 2. The number of methoxy groups -OCH3 is 1. The molecule has 7 nitrogen and oxygen atoms in total. The summed E-state index contributed by atoms with van der Waals surface area (Å²) >= 11 is 6.14. The van der Waals surface area contributed by atoms with Crippen LogP contribution in [0.1, 0.15) is 15.9 Å². The number of carbonyl (C=O) groups excluding carboxylic acids is 2. The van der Waals surface area contributed by atoms with E-state index in [1.165, 1.54) is 37.6 Å². The number of fused-ring (bicyclic) bond motifs is 1. The van der Waals surface area contributed by atoms with E-state index in [9.17, 15) is 14.0 Å². The number of hydrogen-bond acceptors (Lipinski definition) is 6. The number of benzene rings is 2. The van der Waals surface area contributed by atoms with Gasteiger partial charge in [0.25, 0.3) is 5.91 Å². The number of rotatable bonds is 7. The predicted molar refractivity (Wildman–Crippen MR) is 104 cm³/mol. The summed E-state index contributed by atoms with van der Waals surface area (Å²) in [5.74, 6) is -1.56. The van der Waals surface area contributed by atoms with Crippen LogP contribution >= 0.6 is 11.6 Å². The molecule has 0 unspecified atom stereocenters. The Labute approximate surface area is 170 Å². The molecule has 29 heavy (non-hydrogen) atoms. The standard InChI is InChI=1S/C20H16ClFN2O5/c1-27-16-8-12(7-14(21)19(16)28-10-17(23)25)20(26)29-9-11-4-5-15(22)13-3-2-6-24-18(11)13/h2-8H,9-10H2,1H3,(H2,23,25). The Morgan fingerprint density at radius 1 is 1.24 bits per heavy atom. The number of esters is 1. The second-order valence-electron chi connectivity index (χ2n) is 5.93. The van der Waals surface area contributed by atoms with Crippen molar-refractivity contribution in [3.63, 3.8) is 0 Å². The molecule has 0 aliphatic heterocycles. The van der Waals surface area contributed by atoms with Crippen LogP contribution in [-0.4, -0.2) is 30.6 Å². The molecule has 0 atom stereocenters. The van der Waals surface area contributed by atoms with E-state index in [0.29, 0.717) is 16.5 Å². The number of aromatic nitrogens is 1. The Hall–Kier alpha value is -3.39. The van der Waals surface area contributed by atoms with Crippen molar-refractivity contribution in [1.29, 1.82) is 0 Å². The first-order valence-corrected chi connectivity index (χ1v) is 8.76. The van der Waals surface area contributed by atoms with Gasteiger partial charge in [-0.25, -0.2) is 9.18 Å². The van der Waals surface area contributed by atoms with Crippen LogP contribution in [-0.2, 0) is 16.1 Å². The molecule has 0 aliphatic carbocycles. The maximum Gasteiger partial charge on any atom is 0.338 e. The quantitative estimate of drug-likeness (QED) is 0.591. The van der Waals surface area contributed by atoms with Crippen LogP contribution in [0.5, 0.6) is 11.5 Å². The Morgan fingerprint density at radius 2 is 2.03 bits per heavy atom. The van der Waals surface area contributed by atoms with Gasteiger partial charge < -0.3 is 19.9 Å². The summed E-state index contributed by atoms with van der Waals surface area (Å²) in [7, 11) is 1.36. The average Bonchev–Trinajstić information content (AvgIpc) is 2.71. The summed E-state index contributed by atoms with van der Waals surface area (Å²) in [5, 5.41) is 0.383. The summed E-state index contributed by atoms with van der Waals surface area (Å²) in [5.41, 5.74) is 6.12. The van der Waals surface area contributed by atoms with Gasteiger partial charge in [-0.3, -0.25) is 9.78 Å². The Morgan fingerprint density at radius 3 is 2.76 bits per heavy atom. The van der Waals surface area contributed by atoms with Crippen molar-refractivity contribution >= 4 is 34.4 Å². The summed E-state index contributed by atoms with van der Waals surface area (Å²) in [4.78, 5) is 27.5. The summed E-state index contributed by atoms with van der Waals surface area (Å²) < 4.78 is 29.6. The van der Waals surface area contributed by atoms with E-state index < -0.39 is 24.3 Å².